The molecule has 0 bridgehead atoms. The van der Waals surface area contributed by atoms with Gasteiger partial charge >= 0.3 is 5.97 Å². The quantitative estimate of drug-likeness (QED) is 0.793. The van der Waals surface area contributed by atoms with Crippen LogP contribution in [0.2, 0.25) is 0 Å². The van der Waals surface area contributed by atoms with E-state index in [9.17, 15) is 19.1 Å². The van der Waals surface area contributed by atoms with Gasteiger partial charge in [0, 0.05) is 17.1 Å². The number of hydrogen-bond acceptors (Lipinski definition) is 3. The summed E-state index contributed by atoms with van der Waals surface area (Å²) in [5, 5.41) is 12.0. The summed E-state index contributed by atoms with van der Waals surface area (Å²) in [5.41, 5.74) is -1.07. The SMILES string of the molecule is O=C(CCSc1ccc(F)cc1)NC1(C(=O)O)CCCC1. The van der Waals surface area contributed by atoms with Gasteiger partial charge in [-0.3, -0.25) is 4.79 Å². The zero-order valence-electron chi connectivity index (χ0n) is 11.6. The minimum atomic E-state index is -1.07. The normalized spacial score (nSPS) is 16.6. The summed E-state index contributed by atoms with van der Waals surface area (Å²) in [4.78, 5) is 24.1. The van der Waals surface area contributed by atoms with Gasteiger partial charge < -0.3 is 10.4 Å². The molecule has 0 aromatic heterocycles. The second kappa shape index (κ2) is 6.93. The molecule has 114 valence electrons. The number of nitrogens with one attached hydrogen (secondary N) is 1. The summed E-state index contributed by atoms with van der Waals surface area (Å²) in [6.07, 6.45) is 2.91. The maximum absolute atomic E-state index is 12.8. The highest BCUT2D eigenvalue weighted by Gasteiger charge is 2.42. The first-order valence-electron chi connectivity index (χ1n) is 6.95. The molecule has 1 aliphatic carbocycles. The summed E-state index contributed by atoms with van der Waals surface area (Å²) in [5.74, 6) is -0.942. The predicted molar refractivity (Wildman–Crippen MR) is 78.7 cm³/mol. The standard InChI is InChI=1S/C15H18FNO3S/c16-11-3-5-12(6-4-11)21-10-7-13(18)17-15(14(19)20)8-1-2-9-15/h3-6H,1-2,7-10H2,(H,17,18)(H,19,20). The molecule has 6 heteroatoms. The number of carbonyl (C=O) groups excluding carboxylic acids is 1. The minimum absolute atomic E-state index is 0.242. The van der Waals surface area contributed by atoms with Crippen molar-refractivity contribution in [1.29, 1.82) is 0 Å². The van der Waals surface area contributed by atoms with Gasteiger partial charge in [-0.15, -0.1) is 11.8 Å². The summed E-state index contributed by atoms with van der Waals surface area (Å²) in [6, 6.07) is 6.07. The van der Waals surface area contributed by atoms with E-state index in [1.54, 1.807) is 12.1 Å². The molecular formula is C15H18FNO3S. The van der Waals surface area contributed by atoms with Crippen LogP contribution in [0.25, 0.3) is 0 Å². The maximum Gasteiger partial charge on any atom is 0.329 e. The molecule has 21 heavy (non-hydrogen) atoms. The van der Waals surface area contributed by atoms with E-state index in [0.717, 1.165) is 17.7 Å². The van der Waals surface area contributed by atoms with Crippen molar-refractivity contribution in [3.05, 3.63) is 30.1 Å². The highest BCUT2D eigenvalue weighted by Crippen LogP contribution is 2.30. The molecule has 1 amide bonds. The molecule has 0 radical (unpaired) electrons. The first kappa shape index (κ1) is 15.8. The van der Waals surface area contributed by atoms with Crippen LogP contribution in [-0.4, -0.2) is 28.3 Å². The number of carboxylic acids is 1. The van der Waals surface area contributed by atoms with Gasteiger partial charge in [-0.1, -0.05) is 12.8 Å². The van der Waals surface area contributed by atoms with E-state index in [1.807, 2.05) is 0 Å². The number of carbonyl (C=O) groups is 2. The molecule has 1 fully saturated rings. The highest BCUT2D eigenvalue weighted by atomic mass is 32.2. The van der Waals surface area contributed by atoms with E-state index in [4.69, 9.17) is 0 Å². The lowest BCUT2D eigenvalue weighted by Gasteiger charge is -2.25. The van der Waals surface area contributed by atoms with Crippen LogP contribution in [0.3, 0.4) is 0 Å². The zero-order valence-corrected chi connectivity index (χ0v) is 12.4. The molecular weight excluding hydrogens is 293 g/mol. The van der Waals surface area contributed by atoms with Crippen LogP contribution in [0.1, 0.15) is 32.1 Å². The van der Waals surface area contributed by atoms with Gasteiger partial charge in [0.2, 0.25) is 5.91 Å². The third-order valence-corrected chi connectivity index (χ3v) is 4.67. The number of benzene rings is 1. The Morgan fingerprint density at radius 3 is 2.43 bits per heavy atom. The molecule has 0 atom stereocenters. The molecule has 4 nitrogen and oxygen atoms in total. The average molecular weight is 311 g/mol. The van der Waals surface area contributed by atoms with Crippen LogP contribution in [0.4, 0.5) is 4.39 Å². The highest BCUT2D eigenvalue weighted by molar-refractivity contribution is 7.99. The number of amides is 1. The van der Waals surface area contributed by atoms with Crippen LogP contribution < -0.4 is 5.32 Å². The van der Waals surface area contributed by atoms with E-state index >= 15 is 0 Å². The fraction of sp³-hybridized carbons (Fsp3) is 0.467. The van der Waals surface area contributed by atoms with Crippen LogP contribution in [0, 0.1) is 5.82 Å². The van der Waals surface area contributed by atoms with Crippen molar-refractivity contribution >= 4 is 23.6 Å². The van der Waals surface area contributed by atoms with E-state index in [-0.39, 0.29) is 18.1 Å². The Bertz CT molecular complexity index is 512. The molecule has 1 saturated carbocycles. The summed E-state index contributed by atoms with van der Waals surface area (Å²) in [6.45, 7) is 0. The number of halogens is 1. The Hall–Kier alpha value is -1.56. The Morgan fingerprint density at radius 2 is 1.86 bits per heavy atom. The molecule has 2 rings (SSSR count). The van der Waals surface area contributed by atoms with Crippen LogP contribution >= 0.6 is 11.8 Å². The number of thioether (sulfide) groups is 1. The molecule has 1 aromatic carbocycles. The molecule has 0 heterocycles. The van der Waals surface area contributed by atoms with E-state index in [0.29, 0.717) is 18.6 Å². The Kier molecular flexibility index (Phi) is 5.22. The maximum atomic E-state index is 12.8. The van der Waals surface area contributed by atoms with Gasteiger partial charge in [0.05, 0.1) is 0 Å². The van der Waals surface area contributed by atoms with E-state index in [1.165, 1.54) is 23.9 Å². The van der Waals surface area contributed by atoms with Crippen molar-refractivity contribution in [3.63, 3.8) is 0 Å². The van der Waals surface area contributed by atoms with Crippen LogP contribution in [0.15, 0.2) is 29.2 Å². The second-order valence-corrected chi connectivity index (χ2v) is 6.36. The number of hydrogen-bond donors (Lipinski definition) is 2. The molecule has 0 aliphatic heterocycles. The number of rotatable bonds is 6. The summed E-state index contributed by atoms with van der Waals surface area (Å²) < 4.78 is 12.8. The second-order valence-electron chi connectivity index (χ2n) is 5.19. The minimum Gasteiger partial charge on any atom is -0.480 e. The predicted octanol–water partition coefficient (Wildman–Crippen LogP) is 2.82. The van der Waals surface area contributed by atoms with E-state index < -0.39 is 11.5 Å². The monoisotopic (exact) mass is 311 g/mol. The molecule has 0 spiro atoms. The van der Waals surface area contributed by atoms with Crippen molar-refractivity contribution < 1.29 is 19.1 Å². The topological polar surface area (TPSA) is 66.4 Å². The Morgan fingerprint density at radius 1 is 1.24 bits per heavy atom. The molecule has 1 aromatic rings. The van der Waals surface area contributed by atoms with Gasteiger partial charge in [-0.2, -0.15) is 0 Å². The summed E-state index contributed by atoms with van der Waals surface area (Å²) >= 11 is 1.45. The van der Waals surface area contributed by atoms with Gasteiger partial charge in [0.25, 0.3) is 0 Å². The molecule has 1 aliphatic rings. The smallest absolute Gasteiger partial charge is 0.329 e. The van der Waals surface area contributed by atoms with Gasteiger partial charge in [-0.05, 0) is 37.1 Å². The third kappa shape index (κ3) is 4.20. The fourth-order valence-corrected chi connectivity index (χ4v) is 3.34. The number of carboxylic acid groups (broad SMARTS) is 1. The Labute approximate surface area is 127 Å². The van der Waals surface area contributed by atoms with Gasteiger partial charge in [0.15, 0.2) is 0 Å². The molecule has 2 N–H and O–H groups in total. The molecule has 0 saturated heterocycles. The zero-order chi connectivity index (χ0) is 15.3. The molecule has 0 unspecified atom stereocenters. The van der Waals surface area contributed by atoms with Gasteiger partial charge in [0.1, 0.15) is 11.4 Å². The van der Waals surface area contributed by atoms with Crippen LogP contribution in [0.5, 0.6) is 0 Å². The lowest BCUT2D eigenvalue weighted by molar-refractivity contribution is -0.147. The lowest BCUT2D eigenvalue weighted by Crippen LogP contribution is -2.52. The van der Waals surface area contributed by atoms with Crippen molar-refractivity contribution in [2.24, 2.45) is 0 Å². The van der Waals surface area contributed by atoms with E-state index in [2.05, 4.69) is 5.32 Å². The first-order valence-corrected chi connectivity index (χ1v) is 7.93. The summed E-state index contributed by atoms with van der Waals surface area (Å²) in [7, 11) is 0. The van der Waals surface area contributed by atoms with Gasteiger partial charge in [-0.25, -0.2) is 9.18 Å². The van der Waals surface area contributed by atoms with Crippen molar-refractivity contribution in [1.82, 2.24) is 5.32 Å². The van der Waals surface area contributed by atoms with Crippen molar-refractivity contribution in [3.8, 4) is 0 Å². The lowest BCUT2D eigenvalue weighted by atomic mass is 9.98. The van der Waals surface area contributed by atoms with Crippen molar-refractivity contribution in [2.45, 2.75) is 42.5 Å². The number of aliphatic carboxylic acids is 1. The first-order chi connectivity index (χ1) is 10.0. The third-order valence-electron chi connectivity index (χ3n) is 3.66. The van der Waals surface area contributed by atoms with Crippen LogP contribution in [-0.2, 0) is 9.59 Å². The van der Waals surface area contributed by atoms with Crippen molar-refractivity contribution in [2.75, 3.05) is 5.75 Å². The fourth-order valence-electron chi connectivity index (χ4n) is 2.49. The Balaban J connectivity index is 1.79. The average Bonchev–Trinajstić information content (AvgIpc) is 2.91. The largest absolute Gasteiger partial charge is 0.480 e.